The summed E-state index contributed by atoms with van der Waals surface area (Å²) in [5.74, 6) is 2.26. The summed E-state index contributed by atoms with van der Waals surface area (Å²) < 4.78 is 17.3. The Morgan fingerprint density at radius 1 is 0.765 bits per heavy atom. The second kappa shape index (κ2) is 12.8. The van der Waals surface area contributed by atoms with Crippen molar-refractivity contribution in [3.63, 3.8) is 0 Å². The maximum atomic E-state index is 12.7. The molecule has 0 bridgehead atoms. The zero-order chi connectivity index (χ0) is 22.9. The Bertz CT molecular complexity index is 1190. The summed E-state index contributed by atoms with van der Waals surface area (Å²) in [7, 11) is 0. The number of ketones is 1. The van der Waals surface area contributed by atoms with Gasteiger partial charge in [-0.1, -0.05) is 36.4 Å². The van der Waals surface area contributed by atoms with Gasteiger partial charge in [0.1, 0.15) is 24.7 Å². The van der Waals surface area contributed by atoms with Gasteiger partial charge in [-0.15, -0.1) is 0 Å². The Balaban J connectivity index is 0.00000324. The molecule has 3 N–H and O–H groups in total. The Morgan fingerprint density at radius 2 is 1.41 bits per heavy atom. The molecular weight excluding hydrogens is 494 g/mol. The van der Waals surface area contributed by atoms with Crippen molar-refractivity contribution in [3.05, 3.63) is 102 Å². The lowest BCUT2D eigenvalue weighted by atomic mass is 10.0. The number of rotatable bonds is 11. The van der Waals surface area contributed by atoms with Gasteiger partial charge < -0.3 is 32.2 Å². The van der Waals surface area contributed by atoms with Crippen molar-refractivity contribution >= 4 is 16.6 Å². The number of halogens is 1. The van der Waals surface area contributed by atoms with Crippen LogP contribution < -0.4 is 36.9 Å². The van der Waals surface area contributed by atoms with Gasteiger partial charge in [0.2, 0.25) is 0 Å². The number of quaternary nitrogens is 1. The van der Waals surface area contributed by atoms with E-state index in [-0.39, 0.29) is 22.8 Å². The maximum Gasteiger partial charge on any atom is 0.343 e. The van der Waals surface area contributed by atoms with Crippen LogP contribution in [0.25, 0.3) is 10.8 Å². The van der Waals surface area contributed by atoms with E-state index in [0.717, 1.165) is 35.2 Å². The van der Waals surface area contributed by atoms with Crippen LogP contribution in [0.15, 0.2) is 91.0 Å². The van der Waals surface area contributed by atoms with Crippen LogP contribution in [0.2, 0.25) is 0 Å². The largest absolute Gasteiger partial charge is 1.00 e. The summed E-state index contributed by atoms with van der Waals surface area (Å²) in [6, 6.07) is 28.5. The number of carbonyl (C=O) groups is 1. The van der Waals surface area contributed by atoms with Crippen LogP contribution in [-0.2, 0) is 0 Å². The van der Waals surface area contributed by atoms with E-state index in [0.29, 0.717) is 36.7 Å². The summed E-state index contributed by atoms with van der Waals surface area (Å²) in [6.45, 7) is 2.31. The second-order valence-electron chi connectivity index (χ2n) is 7.61. The van der Waals surface area contributed by atoms with Gasteiger partial charge in [0, 0.05) is 28.6 Å². The highest BCUT2D eigenvalue weighted by molar-refractivity contribution is 6.09. The first-order valence-electron chi connectivity index (χ1n) is 11.1. The standard InChI is InChI=1S/C28H27NO4.BrH/c29-17-4-18-31-24-13-9-22(10-14-24)28(30)23-11-15-25(16-12-23)32-19-20-33-27-8-3-6-21-5-1-2-7-26(21)27;/h1-3,5-16H,4,17-20,29H2;1H/q+1;. The molecule has 4 aromatic rings. The first-order chi connectivity index (χ1) is 16.2. The van der Waals surface area contributed by atoms with E-state index in [4.69, 9.17) is 14.2 Å². The van der Waals surface area contributed by atoms with Crippen molar-refractivity contribution in [1.29, 1.82) is 0 Å². The quantitative estimate of drug-likeness (QED) is 0.184. The van der Waals surface area contributed by atoms with Crippen LogP contribution in [-0.4, -0.2) is 32.1 Å². The van der Waals surface area contributed by atoms with Crippen LogP contribution in [0, 0.1) is 0 Å². The SMILES string of the molecule is [Br-].[NH3+]CCC[O+]c1ccc(C(=O)c2ccc(OCCOc3cccc4ccccc34)cc2)cc1. The molecule has 4 aromatic carbocycles. The number of carbonyl (C=O) groups excluding carboxylic acids is 1. The normalized spacial score (nSPS) is 10.4. The van der Waals surface area contributed by atoms with Gasteiger partial charge in [0.25, 0.3) is 6.61 Å². The van der Waals surface area contributed by atoms with E-state index in [2.05, 4.69) is 17.9 Å². The molecule has 175 valence electrons. The van der Waals surface area contributed by atoms with Crippen molar-refractivity contribution in [1.82, 2.24) is 0 Å². The lowest BCUT2D eigenvalue weighted by Gasteiger charge is -2.11. The molecule has 0 heterocycles. The minimum Gasteiger partial charge on any atom is -1.00 e. The zero-order valence-corrected chi connectivity index (χ0v) is 20.5. The maximum absolute atomic E-state index is 12.7. The average Bonchev–Trinajstić information content (AvgIpc) is 2.87. The Labute approximate surface area is 210 Å². The third-order valence-electron chi connectivity index (χ3n) is 5.26. The fourth-order valence-electron chi connectivity index (χ4n) is 3.50. The molecule has 0 saturated heterocycles. The summed E-state index contributed by atoms with van der Waals surface area (Å²) in [6.07, 6.45) is 0.907. The lowest BCUT2D eigenvalue weighted by Crippen LogP contribution is -3.00. The molecule has 0 fully saturated rings. The van der Waals surface area contributed by atoms with Gasteiger partial charge in [-0.2, -0.15) is 0 Å². The highest BCUT2D eigenvalue weighted by Crippen LogP contribution is 2.25. The van der Waals surface area contributed by atoms with Gasteiger partial charge in [-0.05, 0) is 47.9 Å². The molecular formula is C28H28BrNO4+. The topological polar surface area (TPSA) is 74.5 Å². The fraction of sp³-hybridized carbons (Fsp3) is 0.179. The van der Waals surface area contributed by atoms with E-state index in [9.17, 15) is 4.79 Å². The van der Waals surface area contributed by atoms with Gasteiger partial charge in [-0.3, -0.25) is 9.53 Å². The second-order valence-corrected chi connectivity index (χ2v) is 7.61. The van der Waals surface area contributed by atoms with Crippen molar-refractivity contribution in [3.8, 4) is 17.2 Å². The first-order valence-corrected chi connectivity index (χ1v) is 11.1. The summed E-state index contributed by atoms with van der Waals surface area (Å²) in [4.78, 5) is 12.7. The van der Waals surface area contributed by atoms with Crippen LogP contribution >= 0.6 is 0 Å². The van der Waals surface area contributed by atoms with Crippen molar-refractivity contribution < 1.29 is 41.7 Å². The molecule has 5 nitrogen and oxygen atoms in total. The zero-order valence-electron chi connectivity index (χ0n) is 18.9. The van der Waals surface area contributed by atoms with E-state index >= 15 is 0 Å². The molecule has 0 amide bonds. The Kier molecular flexibility index (Phi) is 9.50. The molecule has 0 aliphatic heterocycles. The molecule has 0 spiro atoms. The van der Waals surface area contributed by atoms with Gasteiger partial charge in [0.05, 0.1) is 13.0 Å². The Hall–Kier alpha value is -3.35. The van der Waals surface area contributed by atoms with Gasteiger partial charge in [-0.25, -0.2) is 0 Å². The molecule has 34 heavy (non-hydrogen) atoms. The van der Waals surface area contributed by atoms with Crippen LogP contribution in [0.4, 0.5) is 0 Å². The fourth-order valence-corrected chi connectivity index (χ4v) is 3.50. The number of ether oxygens (including phenoxy) is 3. The van der Waals surface area contributed by atoms with E-state index in [1.54, 1.807) is 36.4 Å². The van der Waals surface area contributed by atoms with Gasteiger partial charge >= 0.3 is 5.75 Å². The van der Waals surface area contributed by atoms with E-state index in [1.165, 1.54) is 0 Å². The molecule has 0 saturated carbocycles. The smallest absolute Gasteiger partial charge is 0.343 e. The first kappa shape index (κ1) is 25.3. The molecule has 6 heteroatoms. The molecule has 0 aliphatic carbocycles. The van der Waals surface area contributed by atoms with Crippen molar-refractivity contribution in [2.45, 2.75) is 6.42 Å². The summed E-state index contributed by atoms with van der Waals surface area (Å²) in [5, 5.41) is 2.23. The van der Waals surface area contributed by atoms with Gasteiger partial charge in [0.15, 0.2) is 5.78 Å². The molecule has 0 unspecified atom stereocenters. The minimum absolute atomic E-state index is 0. The van der Waals surface area contributed by atoms with Crippen molar-refractivity contribution in [2.75, 3.05) is 26.4 Å². The molecule has 4 rings (SSSR count). The van der Waals surface area contributed by atoms with Crippen LogP contribution in [0.1, 0.15) is 22.3 Å². The van der Waals surface area contributed by atoms with Crippen molar-refractivity contribution in [2.24, 2.45) is 0 Å². The van der Waals surface area contributed by atoms with E-state index in [1.807, 2.05) is 42.5 Å². The number of hydrogen-bond acceptors (Lipinski definition) is 4. The number of benzene rings is 4. The third-order valence-corrected chi connectivity index (χ3v) is 5.26. The molecule has 0 atom stereocenters. The highest BCUT2D eigenvalue weighted by atomic mass is 79.9. The predicted molar refractivity (Wildman–Crippen MR) is 129 cm³/mol. The minimum atomic E-state index is -0.0369. The molecule has 1 radical (unpaired) electrons. The number of fused-ring (bicyclic) bond motifs is 1. The predicted octanol–water partition coefficient (Wildman–Crippen LogP) is 1.54. The third kappa shape index (κ3) is 6.59. The van der Waals surface area contributed by atoms with Crippen LogP contribution in [0.5, 0.6) is 17.2 Å². The lowest BCUT2D eigenvalue weighted by molar-refractivity contribution is -0.368. The highest BCUT2D eigenvalue weighted by Gasteiger charge is 2.12. The van der Waals surface area contributed by atoms with Crippen LogP contribution in [0.3, 0.4) is 0 Å². The molecule has 0 aliphatic rings. The van der Waals surface area contributed by atoms with E-state index < -0.39 is 0 Å². The summed E-state index contributed by atoms with van der Waals surface area (Å²) >= 11 is 0. The molecule has 0 aromatic heterocycles. The monoisotopic (exact) mass is 521 g/mol. The Morgan fingerprint density at radius 3 is 2.15 bits per heavy atom. The summed E-state index contributed by atoms with van der Waals surface area (Å²) in [5.41, 5.74) is 5.03. The average molecular weight is 522 g/mol. The number of hydrogen-bond donors (Lipinski definition) is 1.